The molecule has 186 valence electrons. The molecule has 0 aromatic heterocycles. The number of hydrogen-bond donors (Lipinski definition) is 1. The fraction of sp³-hybridized carbons (Fsp3) is 0.433. The lowest BCUT2D eigenvalue weighted by Crippen LogP contribution is -2.38. The standard InChI is InChI=1S/C30H37NO4/c1-30(2)16-19-31(20-17-30)18-15-22-11-13-26(34-3)28(29(22)35-4)25-10-6-8-23-21(12-14-27(32)33)7-5-9-24(23)25/h5-11,13H,12,14-20H2,1-4H3,(H,32,33). The molecule has 0 spiro atoms. The summed E-state index contributed by atoms with van der Waals surface area (Å²) in [7, 11) is 3.42. The molecule has 1 aliphatic heterocycles. The zero-order valence-corrected chi connectivity index (χ0v) is 21.4. The summed E-state index contributed by atoms with van der Waals surface area (Å²) in [4.78, 5) is 13.7. The molecule has 4 rings (SSSR count). The molecular weight excluding hydrogens is 438 g/mol. The summed E-state index contributed by atoms with van der Waals surface area (Å²) in [5.41, 5.74) is 4.64. The quantitative estimate of drug-likeness (QED) is 0.399. The van der Waals surface area contributed by atoms with Crippen molar-refractivity contribution in [2.24, 2.45) is 5.41 Å². The van der Waals surface area contributed by atoms with Crippen LogP contribution in [0.15, 0.2) is 48.5 Å². The Balaban J connectivity index is 1.71. The smallest absolute Gasteiger partial charge is 0.303 e. The number of likely N-dealkylation sites (tertiary alicyclic amines) is 1. The van der Waals surface area contributed by atoms with Gasteiger partial charge < -0.3 is 19.5 Å². The van der Waals surface area contributed by atoms with E-state index in [9.17, 15) is 9.90 Å². The summed E-state index contributed by atoms with van der Waals surface area (Å²) < 4.78 is 11.8. The normalized spacial score (nSPS) is 15.8. The summed E-state index contributed by atoms with van der Waals surface area (Å²) in [5, 5.41) is 11.3. The number of piperidine rings is 1. The predicted molar refractivity (Wildman–Crippen MR) is 142 cm³/mol. The molecule has 0 aliphatic carbocycles. The lowest BCUT2D eigenvalue weighted by molar-refractivity contribution is -0.136. The molecule has 1 heterocycles. The van der Waals surface area contributed by atoms with E-state index >= 15 is 0 Å². The Morgan fingerprint density at radius 3 is 2.31 bits per heavy atom. The van der Waals surface area contributed by atoms with Crippen LogP contribution in [0.5, 0.6) is 11.5 Å². The third kappa shape index (κ3) is 5.62. The minimum absolute atomic E-state index is 0.110. The monoisotopic (exact) mass is 475 g/mol. The van der Waals surface area contributed by atoms with Crippen LogP contribution >= 0.6 is 0 Å². The van der Waals surface area contributed by atoms with Crippen LogP contribution in [0.3, 0.4) is 0 Å². The van der Waals surface area contributed by atoms with Gasteiger partial charge in [-0.15, -0.1) is 0 Å². The Morgan fingerprint density at radius 2 is 1.63 bits per heavy atom. The molecule has 5 heteroatoms. The summed E-state index contributed by atoms with van der Waals surface area (Å²) in [6.07, 6.45) is 3.99. The maximum absolute atomic E-state index is 11.2. The maximum atomic E-state index is 11.2. The van der Waals surface area contributed by atoms with E-state index in [-0.39, 0.29) is 6.42 Å². The van der Waals surface area contributed by atoms with Crippen molar-refractivity contribution in [1.82, 2.24) is 4.90 Å². The number of aryl methyl sites for hydroxylation is 1. The van der Waals surface area contributed by atoms with E-state index in [2.05, 4.69) is 43.0 Å². The Morgan fingerprint density at radius 1 is 0.914 bits per heavy atom. The van der Waals surface area contributed by atoms with Crippen molar-refractivity contribution in [1.29, 1.82) is 0 Å². The van der Waals surface area contributed by atoms with Crippen LogP contribution < -0.4 is 9.47 Å². The minimum atomic E-state index is -0.786. The van der Waals surface area contributed by atoms with Gasteiger partial charge >= 0.3 is 5.97 Å². The number of rotatable bonds is 9. The van der Waals surface area contributed by atoms with Crippen LogP contribution in [-0.4, -0.2) is 49.8 Å². The van der Waals surface area contributed by atoms with Gasteiger partial charge in [0.25, 0.3) is 0 Å². The molecule has 35 heavy (non-hydrogen) atoms. The highest BCUT2D eigenvalue weighted by molar-refractivity contribution is 6.01. The van der Waals surface area contributed by atoms with Gasteiger partial charge in [0.05, 0.1) is 19.8 Å². The Labute approximate surface area is 208 Å². The number of ether oxygens (including phenoxy) is 2. The van der Waals surface area contributed by atoms with Crippen LogP contribution in [0.25, 0.3) is 21.9 Å². The number of aliphatic carboxylic acids is 1. The molecule has 0 unspecified atom stereocenters. The molecule has 0 atom stereocenters. The molecule has 0 amide bonds. The first-order chi connectivity index (χ1) is 16.8. The molecule has 1 aliphatic rings. The number of carbonyl (C=O) groups is 1. The summed E-state index contributed by atoms with van der Waals surface area (Å²) in [6.45, 7) is 8.01. The number of nitrogens with zero attached hydrogens (tertiary/aromatic N) is 1. The number of hydrogen-bond acceptors (Lipinski definition) is 4. The van der Waals surface area contributed by atoms with Crippen LogP contribution in [-0.2, 0) is 17.6 Å². The zero-order valence-electron chi connectivity index (χ0n) is 21.4. The zero-order chi connectivity index (χ0) is 25.0. The molecule has 5 nitrogen and oxygen atoms in total. The maximum Gasteiger partial charge on any atom is 0.303 e. The number of carboxylic acids is 1. The van der Waals surface area contributed by atoms with E-state index in [1.807, 2.05) is 24.3 Å². The van der Waals surface area contributed by atoms with Crippen molar-refractivity contribution in [2.45, 2.75) is 46.0 Å². The number of methoxy groups -OCH3 is 2. The number of benzene rings is 3. The van der Waals surface area contributed by atoms with E-state index in [1.54, 1.807) is 14.2 Å². The molecule has 3 aromatic rings. The van der Waals surface area contributed by atoms with Gasteiger partial charge in [-0.05, 0) is 77.7 Å². The van der Waals surface area contributed by atoms with Gasteiger partial charge in [-0.25, -0.2) is 0 Å². The van der Waals surface area contributed by atoms with E-state index < -0.39 is 5.97 Å². The largest absolute Gasteiger partial charge is 0.496 e. The van der Waals surface area contributed by atoms with Gasteiger partial charge in [0.15, 0.2) is 0 Å². The lowest BCUT2D eigenvalue weighted by Gasteiger charge is -2.37. The van der Waals surface area contributed by atoms with Crippen LogP contribution in [0, 0.1) is 5.41 Å². The number of carboxylic acid groups (broad SMARTS) is 1. The van der Waals surface area contributed by atoms with Gasteiger partial charge in [0.1, 0.15) is 11.5 Å². The highest BCUT2D eigenvalue weighted by Gasteiger charge is 2.26. The van der Waals surface area contributed by atoms with Crippen molar-refractivity contribution >= 4 is 16.7 Å². The van der Waals surface area contributed by atoms with E-state index in [0.717, 1.165) is 65.0 Å². The van der Waals surface area contributed by atoms with Gasteiger partial charge in [0.2, 0.25) is 0 Å². The molecule has 1 saturated heterocycles. The SMILES string of the molecule is COc1ccc(CCN2CCC(C)(C)CC2)c(OC)c1-c1cccc2c(CCC(=O)O)cccc12. The third-order valence-corrected chi connectivity index (χ3v) is 7.42. The molecule has 1 N–H and O–H groups in total. The summed E-state index contributed by atoms with van der Waals surface area (Å²) >= 11 is 0. The second kappa shape index (κ2) is 10.7. The molecule has 3 aromatic carbocycles. The second-order valence-electron chi connectivity index (χ2n) is 10.3. The molecule has 0 radical (unpaired) electrons. The Hall–Kier alpha value is -3.05. The van der Waals surface area contributed by atoms with Gasteiger partial charge in [0, 0.05) is 13.0 Å². The molecular formula is C30H37NO4. The van der Waals surface area contributed by atoms with E-state index in [1.165, 1.54) is 18.4 Å². The summed E-state index contributed by atoms with van der Waals surface area (Å²) in [5.74, 6) is 0.838. The molecule has 1 fully saturated rings. The van der Waals surface area contributed by atoms with Crippen LogP contribution in [0.1, 0.15) is 44.2 Å². The highest BCUT2D eigenvalue weighted by atomic mass is 16.5. The van der Waals surface area contributed by atoms with Gasteiger partial charge in [-0.3, -0.25) is 4.79 Å². The van der Waals surface area contributed by atoms with Crippen molar-refractivity contribution in [3.8, 4) is 22.6 Å². The number of fused-ring (bicyclic) bond motifs is 1. The summed E-state index contributed by atoms with van der Waals surface area (Å²) in [6, 6.07) is 16.5. The van der Waals surface area contributed by atoms with Crippen molar-refractivity contribution in [3.63, 3.8) is 0 Å². The average molecular weight is 476 g/mol. The molecule has 0 saturated carbocycles. The molecule has 0 bridgehead atoms. The Kier molecular flexibility index (Phi) is 7.66. The van der Waals surface area contributed by atoms with Gasteiger partial charge in [-0.1, -0.05) is 56.3 Å². The van der Waals surface area contributed by atoms with Gasteiger partial charge in [-0.2, -0.15) is 0 Å². The van der Waals surface area contributed by atoms with Crippen molar-refractivity contribution in [2.75, 3.05) is 33.9 Å². The topological polar surface area (TPSA) is 59.0 Å². The first-order valence-electron chi connectivity index (χ1n) is 12.5. The second-order valence-corrected chi connectivity index (χ2v) is 10.3. The van der Waals surface area contributed by atoms with Crippen LogP contribution in [0.2, 0.25) is 0 Å². The minimum Gasteiger partial charge on any atom is -0.496 e. The lowest BCUT2D eigenvalue weighted by atomic mass is 9.82. The first kappa shape index (κ1) is 25.1. The first-order valence-corrected chi connectivity index (χ1v) is 12.5. The van der Waals surface area contributed by atoms with E-state index in [0.29, 0.717) is 11.8 Å². The fourth-order valence-corrected chi connectivity index (χ4v) is 5.18. The Bertz CT molecular complexity index is 1190. The average Bonchev–Trinajstić information content (AvgIpc) is 2.85. The predicted octanol–water partition coefficient (Wildman–Crippen LogP) is 6.21. The van der Waals surface area contributed by atoms with Crippen molar-refractivity contribution in [3.05, 3.63) is 59.7 Å². The third-order valence-electron chi connectivity index (χ3n) is 7.42. The van der Waals surface area contributed by atoms with Crippen molar-refractivity contribution < 1.29 is 19.4 Å². The fourth-order valence-electron chi connectivity index (χ4n) is 5.18. The van der Waals surface area contributed by atoms with Crippen LogP contribution in [0.4, 0.5) is 0 Å². The van der Waals surface area contributed by atoms with E-state index in [4.69, 9.17) is 9.47 Å². The highest BCUT2D eigenvalue weighted by Crippen LogP contribution is 2.44.